The molecule has 0 aliphatic carbocycles. The summed E-state index contributed by atoms with van der Waals surface area (Å²) in [6, 6.07) is 2.01. The van der Waals surface area contributed by atoms with Crippen LogP contribution in [0.25, 0.3) is 0 Å². The van der Waals surface area contributed by atoms with Crippen LogP contribution in [0.2, 0.25) is 0 Å². The van der Waals surface area contributed by atoms with Crippen molar-refractivity contribution >= 4 is 0 Å². The van der Waals surface area contributed by atoms with E-state index in [1.807, 2.05) is 13.0 Å². The molecule has 7 heavy (non-hydrogen) atoms. The van der Waals surface area contributed by atoms with Crippen molar-refractivity contribution in [2.24, 2.45) is 0 Å². The quantitative estimate of drug-likeness (QED) is 0.473. The largest absolute Gasteiger partial charge is 0.241 e. The molecule has 0 atom stereocenters. The number of hydrogen-bond donors (Lipinski definition) is 0. The Balaban J connectivity index is 2.60. The molecule has 2 nitrogen and oxygen atoms in total. The first-order valence-electron chi connectivity index (χ1n) is 2.42. The molecule has 0 aliphatic heterocycles. The van der Waals surface area contributed by atoms with Gasteiger partial charge in [0.25, 0.3) is 0 Å². The molecule has 1 radical (unpaired) electrons. The summed E-state index contributed by atoms with van der Waals surface area (Å²) in [7, 11) is 0. The monoisotopic (exact) mass is 97.1 g/mol. The summed E-state index contributed by atoms with van der Waals surface area (Å²) in [5, 5.41) is 11.9. The fraction of sp³-hybridized carbons (Fsp3) is 0.800. The van der Waals surface area contributed by atoms with Gasteiger partial charge < -0.3 is 0 Å². The van der Waals surface area contributed by atoms with E-state index in [2.05, 4.69) is 5.32 Å². The summed E-state index contributed by atoms with van der Waals surface area (Å²) >= 11 is 0. The molecule has 0 saturated carbocycles. The minimum absolute atomic E-state index is 0.563. The van der Waals surface area contributed by atoms with Crippen LogP contribution < -0.4 is 5.32 Å². The topological polar surface area (TPSA) is 37.9 Å². The molecule has 0 aromatic heterocycles. The number of hydrogen-bond acceptors (Lipinski definition) is 1. The molecule has 0 aromatic rings. The Labute approximate surface area is 44.1 Å². The third-order valence-electron chi connectivity index (χ3n) is 0.605. The molecular formula is C5H9N2. The van der Waals surface area contributed by atoms with Crippen LogP contribution in [0.1, 0.15) is 13.3 Å². The summed E-state index contributed by atoms with van der Waals surface area (Å²) in [4.78, 5) is 0. The molecule has 0 aromatic carbocycles. The molecule has 0 amide bonds. The van der Waals surface area contributed by atoms with E-state index in [1.165, 1.54) is 0 Å². The summed E-state index contributed by atoms with van der Waals surface area (Å²) in [6.07, 6.45) is 0.563. The maximum Gasteiger partial charge on any atom is 0.0635 e. The highest BCUT2D eigenvalue weighted by atomic mass is 14.8. The van der Waals surface area contributed by atoms with Crippen molar-refractivity contribution in [1.29, 1.82) is 5.26 Å². The molecule has 0 heterocycles. The first-order valence-corrected chi connectivity index (χ1v) is 2.42. The summed E-state index contributed by atoms with van der Waals surface area (Å²) in [5.74, 6) is 0. The first-order chi connectivity index (χ1) is 3.41. The lowest BCUT2D eigenvalue weighted by molar-refractivity contribution is 0.715. The van der Waals surface area contributed by atoms with E-state index in [9.17, 15) is 0 Å². The van der Waals surface area contributed by atoms with Crippen molar-refractivity contribution in [3.63, 3.8) is 0 Å². The van der Waals surface area contributed by atoms with E-state index >= 15 is 0 Å². The SMILES string of the molecule is CC[N]CCC#N. The predicted octanol–water partition coefficient (Wildman–Crippen LogP) is 0.524. The van der Waals surface area contributed by atoms with Gasteiger partial charge in [-0.2, -0.15) is 5.26 Å². The van der Waals surface area contributed by atoms with E-state index in [0.717, 1.165) is 6.54 Å². The van der Waals surface area contributed by atoms with Crippen LogP contribution in [-0.4, -0.2) is 13.1 Å². The molecule has 0 spiro atoms. The molecule has 0 rings (SSSR count). The van der Waals surface area contributed by atoms with Gasteiger partial charge in [-0.25, -0.2) is 5.32 Å². The maximum absolute atomic E-state index is 7.98. The minimum atomic E-state index is 0.563. The summed E-state index contributed by atoms with van der Waals surface area (Å²) < 4.78 is 0. The summed E-state index contributed by atoms with van der Waals surface area (Å²) in [6.45, 7) is 3.51. The van der Waals surface area contributed by atoms with Crippen molar-refractivity contribution in [3.8, 4) is 6.07 Å². The van der Waals surface area contributed by atoms with Gasteiger partial charge in [-0.3, -0.25) is 0 Å². The van der Waals surface area contributed by atoms with Gasteiger partial charge in [0, 0.05) is 19.5 Å². The second-order valence-corrected chi connectivity index (χ2v) is 1.17. The van der Waals surface area contributed by atoms with Crippen LogP contribution in [0, 0.1) is 11.3 Å². The smallest absolute Gasteiger partial charge is 0.0635 e. The number of nitriles is 1. The molecule has 0 bridgehead atoms. The lowest BCUT2D eigenvalue weighted by atomic mass is 10.5. The van der Waals surface area contributed by atoms with E-state index in [4.69, 9.17) is 5.26 Å². The van der Waals surface area contributed by atoms with Gasteiger partial charge in [0.05, 0.1) is 6.07 Å². The van der Waals surface area contributed by atoms with Crippen molar-refractivity contribution < 1.29 is 0 Å². The normalized spacial score (nSPS) is 8.00. The van der Waals surface area contributed by atoms with Gasteiger partial charge in [0.2, 0.25) is 0 Å². The van der Waals surface area contributed by atoms with Gasteiger partial charge in [-0.15, -0.1) is 0 Å². The fourth-order valence-electron chi connectivity index (χ4n) is 0.287. The zero-order valence-corrected chi connectivity index (χ0v) is 4.52. The zero-order valence-electron chi connectivity index (χ0n) is 4.52. The van der Waals surface area contributed by atoms with Crippen LogP contribution in [-0.2, 0) is 0 Å². The molecule has 0 aliphatic rings. The second kappa shape index (κ2) is 5.45. The van der Waals surface area contributed by atoms with E-state index in [0.29, 0.717) is 13.0 Å². The Bertz CT molecular complexity index is 63.0. The van der Waals surface area contributed by atoms with E-state index in [1.54, 1.807) is 0 Å². The average Bonchev–Trinajstić information content (AvgIpc) is 1.69. The third-order valence-corrected chi connectivity index (χ3v) is 0.605. The second-order valence-electron chi connectivity index (χ2n) is 1.17. The molecule has 2 heteroatoms. The molecular weight excluding hydrogens is 88.1 g/mol. The Kier molecular flexibility index (Phi) is 5.02. The predicted molar refractivity (Wildman–Crippen MR) is 27.8 cm³/mol. The van der Waals surface area contributed by atoms with Crippen LogP contribution in [0.4, 0.5) is 0 Å². The van der Waals surface area contributed by atoms with Crippen molar-refractivity contribution in [3.05, 3.63) is 0 Å². The van der Waals surface area contributed by atoms with Gasteiger partial charge in [-0.1, -0.05) is 6.92 Å². The maximum atomic E-state index is 7.98. The lowest BCUT2D eigenvalue weighted by Gasteiger charge is -1.87. The summed E-state index contributed by atoms with van der Waals surface area (Å²) in [5.41, 5.74) is 0. The average molecular weight is 97.1 g/mol. The fourth-order valence-corrected chi connectivity index (χ4v) is 0.287. The highest BCUT2D eigenvalue weighted by Crippen LogP contribution is 1.69. The van der Waals surface area contributed by atoms with Crippen LogP contribution >= 0.6 is 0 Å². The highest BCUT2D eigenvalue weighted by molar-refractivity contribution is 4.69. The Morgan fingerprint density at radius 1 is 1.71 bits per heavy atom. The van der Waals surface area contributed by atoms with E-state index in [-0.39, 0.29) is 0 Å². The number of nitrogens with zero attached hydrogens (tertiary/aromatic N) is 2. The number of rotatable bonds is 3. The van der Waals surface area contributed by atoms with Crippen LogP contribution in [0.5, 0.6) is 0 Å². The molecule has 0 saturated heterocycles. The molecule has 0 N–H and O–H groups in total. The van der Waals surface area contributed by atoms with Gasteiger partial charge in [0.15, 0.2) is 0 Å². The Hall–Kier alpha value is -0.550. The van der Waals surface area contributed by atoms with Crippen LogP contribution in [0.15, 0.2) is 0 Å². The van der Waals surface area contributed by atoms with Gasteiger partial charge in [-0.05, 0) is 0 Å². The zero-order chi connectivity index (χ0) is 5.54. The Morgan fingerprint density at radius 2 is 2.43 bits per heavy atom. The Morgan fingerprint density at radius 3 is 2.86 bits per heavy atom. The molecule has 39 valence electrons. The van der Waals surface area contributed by atoms with Crippen LogP contribution in [0.3, 0.4) is 0 Å². The third kappa shape index (κ3) is 5.45. The van der Waals surface area contributed by atoms with Crippen molar-refractivity contribution in [2.75, 3.05) is 13.1 Å². The standard InChI is InChI=1S/C5H9N2/c1-2-7-5-3-4-6/h2-3,5H2,1H3. The van der Waals surface area contributed by atoms with Crippen molar-refractivity contribution in [2.45, 2.75) is 13.3 Å². The molecule has 0 fully saturated rings. The van der Waals surface area contributed by atoms with E-state index < -0.39 is 0 Å². The lowest BCUT2D eigenvalue weighted by Crippen LogP contribution is -2.03. The minimum Gasteiger partial charge on any atom is -0.241 e. The van der Waals surface area contributed by atoms with Gasteiger partial charge in [0.1, 0.15) is 0 Å². The first kappa shape index (κ1) is 6.45. The highest BCUT2D eigenvalue weighted by Gasteiger charge is 1.78. The molecule has 0 unspecified atom stereocenters. The van der Waals surface area contributed by atoms with Gasteiger partial charge >= 0.3 is 0 Å². The van der Waals surface area contributed by atoms with Crippen molar-refractivity contribution in [1.82, 2.24) is 5.32 Å².